The second kappa shape index (κ2) is 8.28. The molecular weight excluding hydrogens is 386 g/mol. The summed E-state index contributed by atoms with van der Waals surface area (Å²) in [5, 5.41) is -0.205. The molecule has 4 rings (SSSR count). The Labute approximate surface area is 172 Å². The molecule has 1 fully saturated rings. The van der Waals surface area contributed by atoms with Crippen molar-refractivity contribution in [3.63, 3.8) is 0 Å². The maximum Gasteiger partial charge on any atom is 0.333 e. The van der Waals surface area contributed by atoms with E-state index >= 15 is 0 Å². The Morgan fingerprint density at radius 2 is 1.62 bits per heavy atom. The molecule has 3 amide bonds. The van der Waals surface area contributed by atoms with Crippen molar-refractivity contribution < 1.29 is 14.4 Å². The van der Waals surface area contributed by atoms with Crippen LogP contribution in [0.5, 0.6) is 0 Å². The van der Waals surface area contributed by atoms with Gasteiger partial charge in [0.15, 0.2) is 0 Å². The van der Waals surface area contributed by atoms with E-state index < -0.39 is 12.1 Å². The van der Waals surface area contributed by atoms with Crippen LogP contribution in [0.15, 0.2) is 85.2 Å². The molecule has 0 aliphatic carbocycles. The summed E-state index contributed by atoms with van der Waals surface area (Å²) in [5.74, 6) is -0.275. The molecule has 2 aromatic carbocycles. The van der Waals surface area contributed by atoms with Crippen molar-refractivity contribution in [1.82, 2.24) is 9.88 Å². The van der Waals surface area contributed by atoms with Gasteiger partial charge in [-0.3, -0.25) is 19.5 Å². The van der Waals surface area contributed by atoms with Gasteiger partial charge in [-0.15, -0.1) is 0 Å². The molecule has 6 nitrogen and oxygen atoms in total. The first-order valence-electron chi connectivity index (χ1n) is 8.98. The normalized spacial score (nSPS) is 16.3. The molecule has 1 saturated heterocycles. The van der Waals surface area contributed by atoms with E-state index in [1.165, 1.54) is 16.0 Å². The molecule has 1 aliphatic rings. The largest absolute Gasteiger partial charge is 0.333 e. The van der Waals surface area contributed by atoms with Crippen LogP contribution in [-0.2, 0) is 4.79 Å². The van der Waals surface area contributed by atoms with Crippen LogP contribution >= 0.6 is 11.8 Å². The van der Waals surface area contributed by atoms with Crippen LogP contribution in [-0.4, -0.2) is 32.8 Å². The molecule has 2 heterocycles. The smallest absolute Gasteiger partial charge is 0.298 e. The minimum atomic E-state index is -0.780. The number of carbonyl (C=O) groups excluding carboxylic acids is 3. The van der Waals surface area contributed by atoms with Gasteiger partial charge < -0.3 is 0 Å². The van der Waals surface area contributed by atoms with Crippen LogP contribution in [0.3, 0.4) is 0 Å². The van der Waals surface area contributed by atoms with Crippen molar-refractivity contribution in [3.05, 3.63) is 96.3 Å². The first kappa shape index (κ1) is 18.9. The average Bonchev–Trinajstić information content (AvgIpc) is 3.03. The molecular formula is C22H17N3O3S. The van der Waals surface area contributed by atoms with E-state index in [1.54, 1.807) is 42.6 Å². The minimum Gasteiger partial charge on any atom is -0.298 e. The molecule has 1 unspecified atom stereocenters. The molecule has 1 aliphatic heterocycles. The van der Waals surface area contributed by atoms with Crippen molar-refractivity contribution in [3.8, 4) is 0 Å². The second-order valence-corrected chi connectivity index (χ2v) is 7.30. The summed E-state index contributed by atoms with van der Waals surface area (Å²) in [4.78, 5) is 45.4. The van der Waals surface area contributed by atoms with Crippen molar-refractivity contribution in [2.75, 3.05) is 10.8 Å². The van der Waals surface area contributed by atoms with Gasteiger partial charge in [-0.05, 0) is 29.8 Å². The third kappa shape index (κ3) is 3.77. The molecule has 3 aromatic rings. The van der Waals surface area contributed by atoms with Gasteiger partial charge in [0.25, 0.3) is 5.91 Å². The zero-order chi connectivity index (χ0) is 20.2. The number of urea groups is 1. The third-order valence-corrected chi connectivity index (χ3v) is 5.47. The number of pyridine rings is 1. The Kier molecular flexibility index (Phi) is 5.39. The number of carbonyl (C=O) groups is 3. The highest BCUT2D eigenvalue weighted by Gasteiger charge is 2.46. The lowest BCUT2D eigenvalue weighted by Gasteiger charge is -2.21. The zero-order valence-electron chi connectivity index (χ0n) is 15.3. The fraction of sp³-hybridized carbons (Fsp3) is 0.0909. The van der Waals surface area contributed by atoms with Gasteiger partial charge in [0.05, 0.1) is 11.6 Å². The number of hydrogen-bond donors (Lipinski definition) is 0. The summed E-state index contributed by atoms with van der Waals surface area (Å²) in [6.45, 7) is 0. The zero-order valence-corrected chi connectivity index (χ0v) is 16.2. The van der Waals surface area contributed by atoms with Crippen molar-refractivity contribution in [1.29, 1.82) is 0 Å². The molecule has 0 N–H and O–H groups in total. The summed E-state index contributed by atoms with van der Waals surface area (Å²) in [7, 11) is 0. The predicted octanol–water partition coefficient (Wildman–Crippen LogP) is 4.12. The van der Waals surface area contributed by atoms with Gasteiger partial charge in [0.2, 0.25) is 5.12 Å². The fourth-order valence-electron chi connectivity index (χ4n) is 3.19. The summed E-state index contributed by atoms with van der Waals surface area (Å²) in [5.41, 5.74) is 1.67. The number of benzene rings is 2. The van der Waals surface area contributed by atoms with Crippen LogP contribution in [0, 0.1) is 0 Å². The first-order chi connectivity index (χ1) is 14.2. The first-order valence-corrected chi connectivity index (χ1v) is 9.97. The number of aromatic nitrogens is 1. The van der Waals surface area contributed by atoms with E-state index in [0.717, 1.165) is 11.8 Å². The summed E-state index contributed by atoms with van der Waals surface area (Å²) in [6.07, 6.45) is 3.07. The lowest BCUT2D eigenvalue weighted by molar-refractivity contribution is -0.119. The SMILES string of the molecule is O=C(SCN1C(=O)N(c2ccccc2)C(=O)C1c1ccccc1)c1cccnc1. The van der Waals surface area contributed by atoms with Crippen molar-refractivity contribution >= 4 is 34.5 Å². The van der Waals surface area contributed by atoms with Gasteiger partial charge in [-0.25, -0.2) is 9.69 Å². The van der Waals surface area contributed by atoms with E-state index in [1.807, 2.05) is 36.4 Å². The van der Waals surface area contributed by atoms with Crippen LogP contribution in [0.4, 0.5) is 10.5 Å². The highest BCUT2D eigenvalue weighted by Crippen LogP contribution is 2.35. The molecule has 0 spiro atoms. The lowest BCUT2D eigenvalue weighted by atomic mass is 10.1. The highest BCUT2D eigenvalue weighted by atomic mass is 32.2. The fourth-order valence-corrected chi connectivity index (χ4v) is 3.99. The Morgan fingerprint density at radius 1 is 0.931 bits per heavy atom. The predicted molar refractivity (Wildman–Crippen MR) is 111 cm³/mol. The summed E-state index contributed by atoms with van der Waals surface area (Å²) < 4.78 is 0. The molecule has 7 heteroatoms. The van der Waals surface area contributed by atoms with Gasteiger partial charge >= 0.3 is 6.03 Å². The number of rotatable bonds is 5. The van der Waals surface area contributed by atoms with E-state index in [2.05, 4.69) is 4.98 Å². The molecule has 0 bridgehead atoms. The van der Waals surface area contributed by atoms with Crippen molar-refractivity contribution in [2.45, 2.75) is 6.04 Å². The summed E-state index contributed by atoms with van der Waals surface area (Å²) in [6, 6.07) is 20.1. The van der Waals surface area contributed by atoms with Crippen LogP contribution in [0.2, 0.25) is 0 Å². The standard InChI is InChI=1S/C22H17N3O3S/c26-20-19(16-8-3-1-4-9-16)24(15-29-21(27)17-10-7-13-23-14-17)22(28)25(20)18-11-5-2-6-12-18/h1-14,19H,15H2. The lowest BCUT2D eigenvalue weighted by Crippen LogP contribution is -2.33. The monoisotopic (exact) mass is 403 g/mol. The topological polar surface area (TPSA) is 70.6 Å². The third-order valence-electron chi connectivity index (χ3n) is 4.56. The van der Waals surface area contributed by atoms with Crippen LogP contribution < -0.4 is 4.90 Å². The Bertz CT molecular complexity index is 1030. The Hall–Kier alpha value is -3.45. The number of anilines is 1. The maximum atomic E-state index is 13.2. The van der Waals surface area contributed by atoms with E-state index in [-0.39, 0.29) is 16.9 Å². The Balaban J connectivity index is 1.63. The molecule has 0 radical (unpaired) electrons. The Morgan fingerprint density at radius 3 is 2.28 bits per heavy atom. The quantitative estimate of drug-likeness (QED) is 0.599. The van der Waals surface area contributed by atoms with Crippen LogP contribution in [0.1, 0.15) is 22.0 Å². The highest BCUT2D eigenvalue weighted by molar-refractivity contribution is 8.14. The summed E-state index contributed by atoms with van der Waals surface area (Å²) >= 11 is 0.976. The van der Waals surface area contributed by atoms with Crippen LogP contribution in [0.25, 0.3) is 0 Å². The molecule has 0 saturated carbocycles. The number of nitrogens with zero attached hydrogens (tertiary/aromatic N) is 3. The van der Waals surface area contributed by atoms with Gasteiger partial charge in [0, 0.05) is 18.0 Å². The van der Waals surface area contributed by atoms with E-state index in [0.29, 0.717) is 16.8 Å². The molecule has 1 atom stereocenters. The molecule has 29 heavy (non-hydrogen) atoms. The number of para-hydroxylation sites is 1. The number of hydrogen-bond acceptors (Lipinski definition) is 5. The second-order valence-electron chi connectivity index (χ2n) is 6.38. The number of thioether (sulfide) groups is 1. The number of amides is 3. The molecule has 144 valence electrons. The van der Waals surface area contributed by atoms with E-state index in [4.69, 9.17) is 0 Å². The number of imide groups is 1. The van der Waals surface area contributed by atoms with Crippen molar-refractivity contribution in [2.24, 2.45) is 0 Å². The van der Waals surface area contributed by atoms with Gasteiger partial charge in [0.1, 0.15) is 6.04 Å². The van der Waals surface area contributed by atoms with Gasteiger partial charge in [-0.1, -0.05) is 60.3 Å². The minimum absolute atomic E-state index is 0.0567. The molecule has 1 aromatic heterocycles. The maximum absolute atomic E-state index is 13.2. The van der Waals surface area contributed by atoms with E-state index in [9.17, 15) is 14.4 Å². The average molecular weight is 403 g/mol. The van der Waals surface area contributed by atoms with Gasteiger partial charge in [-0.2, -0.15) is 0 Å².